The number of aromatic nitrogens is 4. The van der Waals surface area contributed by atoms with E-state index in [2.05, 4.69) is 31.3 Å². The number of rotatable bonds is 5. The molecule has 4 rings (SSSR count). The number of benzene rings is 1. The largest absolute Gasteiger partial charge is 0.489 e. The SMILES string of the molecule is N#Cc1cc(-c2ccnc(Nc3cnc[nH]3)n2)ccc1OC1CCOCC1. The molecule has 1 fully saturated rings. The van der Waals surface area contributed by atoms with Crippen LogP contribution in [0.15, 0.2) is 43.0 Å². The molecule has 0 radical (unpaired) electrons. The molecule has 0 spiro atoms. The van der Waals surface area contributed by atoms with Crippen molar-refractivity contribution in [1.29, 1.82) is 5.26 Å². The van der Waals surface area contributed by atoms with Crippen LogP contribution in [-0.4, -0.2) is 39.3 Å². The highest BCUT2D eigenvalue weighted by Crippen LogP contribution is 2.28. The number of H-pyrrole nitrogens is 1. The van der Waals surface area contributed by atoms with Crippen molar-refractivity contribution in [3.05, 3.63) is 48.5 Å². The summed E-state index contributed by atoms with van der Waals surface area (Å²) >= 11 is 0. The van der Waals surface area contributed by atoms with Crippen LogP contribution in [0, 0.1) is 11.3 Å². The van der Waals surface area contributed by atoms with E-state index in [1.165, 1.54) is 0 Å². The monoisotopic (exact) mass is 362 g/mol. The fourth-order valence-electron chi connectivity index (χ4n) is 2.88. The second-order valence-electron chi connectivity index (χ2n) is 6.11. The molecular formula is C19H18N6O2. The first kappa shape index (κ1) is 17.0. The van der Waals surface area contributed by atoms with Gasteiger partial charge in [0.1, 0.15) is 23.7 Å². The first-order chi connectivity index (χ1) is 13.3. The fraction of sp³-hybridized carbons (Fsp3) is 0.263. The van der Waals surface area contributed by atoms with Gasteiger partial charge >= 0.3 is 0 Å². The third-order valence-corrected chi connectivity index (χ3v) is 4.26. The summed E-state index contributed by atoms with van der Waals surface area (Å²) in [5.41, 5.74) is 2.02. The van der Waals surface area contributed by atoms with E-state index >= 15 is 0 Å². The van der Waals surface area contributed by atoms with Crippen LogP contribution in [0.4, 0.5) is 11.8 Å². The maximum Gasteiger partial charge on any atom is 0.228 e. The van der Waals surface area contributed by atoms with E-state index in [0.29, 0.717) is 42.0 Å². The molecular weight excluding hydrogens is 344 g/mol. The number of nitrogens with one attached hydrogen (secondary N) is 2. The lowest BCUT2D eigenvalue weighted by Crippen LogP contribution is -2.26. The number of anilines is 2. The lowest BCUT2D eigenvalue weighted by Gasteiger charge is -2.23. The molecule has 1 aliphatic heterocycles. The van der Waals surface area contributed by atoms with E-state index in [1.54, 1.807) is 30.9 Å². The van der Waals surface area contributed by atoms with Crippen molar-refractivity contribution in [1.82, 2.24) is 19.9 Å². The predicted octanol–water partition coefficient (Wildman–Crippen LogP) is 3.04. The van der Waals surface area contributed by atoms with Gasteiger partial charge in [-0.15, -0.1) is 0 Å². The Kier molecular flexibility index (Phi) is 4.94. The molecule has 0 unspecified atom stereocenters. The van der Waals surface area contributed by atoms with Gasteiger partial charge in [-0.25, -0.2) is 15.0 Å². The number of ether oxygens (including phenoxy) is 2. The Labute approximate surface area is 156 Å². The molecule has 1 aliphatic rings. The summed E-state index contributed by atoms with van der Waals surface area (Å²) in [6, 6.07) is 9.53. The third-order valence-electron chi connectivity index (χ3n) is 4.26. The summed E-state index contributed by atoms with van der Waals surface area (Å²) < 4.78 is 11.4. The molecule has 1 aromatic carbocycles. The van der Waals surface area contributed by atoms with Gasteiger partial charge in [0.15, 0.2) is 0 Å². The molecule has 0 saturated carbocycles. The zero-order valence-corrected chi connectivity index (χ0v) is 14.6. The summed E-state index contributed by atoms with van der Waals surface area (Å²) in [6.07, 6.45) is 6.64. The highest BCUT2D eigenvalue weighted by Gasteiger charge is 2.17. The smallest absolute Gasteiger partial charge is 0.228 e. The maximum atomic E-state index is 9.53. The van der Waals surface area contributed by atoms with Gasteiger partial charge in [-0.1, -0.05) is 0 Å². The minimum atomic E-state index is 0.0842. The number of nitriles is 1. The highest BCUT2D eigenvalue weighted by atomic mass is 16.5. The second kappa shape index (κ2) is 7.85. The lowest BCUT2D eigenvalue weighted by molar-refractivity contribution is 0.0254. The van der Waals surface area contributed by atoms with Crippen LogP contribution in [0.5, 0.6) is 5.75 Å². The summed E-state index contributed by atoms with van der Waals surface area (Å²) in [6.45, 7) is 1.38. The summed E-state index contributed by atoms with van der Waals surface area (Å²) in [5.74, 6) is 1.74. The quantitative estimate of drug-likeness (QED) is 0.718. The highest BCUT2D eigenvalue weighted by molar-refractivity contribution is 5.65. The van der Waals surface area contributed by atoms with E-state index in [4.69, 9.17) is 9.47 Å². The Morgan fingerprint density at radius 3 is 2.93 bits per heavy atom. The molecule has 0 aliphatic carbocycles. The van der Waals surface area contributed by atoms with Crippen LogP contribution < -0.4 is 10.1 Å². The normalized spacial score (nSPS) is 14.5. The number of aromatic amines is 1. The minimum Gasteiger partial charge on any atom is -0.489 e. The number of hydrogen-bond acceptors (Lipinski definition) is 7. The fourth-order valence-corrected chi connectivity index (χ4v) is 2.88. The van der Waals surface area contributed by atoms with Gasteiger partial charge in [-0.3, -0.25) is 0 Å². The van der Waals surface area contributed by atoms with Crippen molar-refractivity contribution in [2.75, 3.05) is 18.5 Å². The standard InChI is InChI=1S/C19H18N6O2/c20-10-14-9-13(1-2-17(14)27-15-4-7-26-8-5-15)16-3-6-22-19(24-16)25-18-11-21-12-23-18/h1-3,6,9,11-12,15H,4-5,7-8H2,(H,21,23)(H,22,24,25). The summed E-state index contributed by atoms with van der Waals surface area (Å²) in [5, 5.41) is 12.6. The van der Waals surface area contributed by atoms with Gasteiger partial charge in [-0.05, 0) is 24.3 Å². The molecule has 0 atom stereocenters. The first-order valence-electron chi connectivity index (χ1n) is 8.69. The first-order valence-corrected chi connectivity index (χ1v) is 8.69. The van der Waals surface area contributed by atoms with Crippen molar-refractivity contribution in [3.8, 4) is 23.1 Å². The molecule has 3 heterocycles. The Hall–Kier alpha value is -3.44. The molecule has 0 bridgehead atoms. The van der Waals surface area contributed by atoms with Crippen molar-refractivity contribution in [2.24, 2.45) is 0 Å². The maximum absolute atomic E-state index is 9.53. The summed E-state index contributed by atoms with van der Waals surface area (Å²) in [7, 11) is 0. The van der Waals surface area contributed by atoms with Crippen LogP contribution >= 0.6 is 0 Å². The van der Waals surface area contributed by atoms with Gasteiger partial charge in [0.05, 0.1) is 37.0 Å². The zero-order valence-electron chi connectivity index (χ0n) is 14.6. The van der Waals surface area contributed by atoms with Crippen molar-refractivity contribution >= 4 is 11.8 Å². The van der Waals surface area contributed by atoms with Gasteiger partial charge in [0.25, 0.3) is 0 Å². The van der Waals surface area contributed by atoms with Crippen LogP contribution in [0.25, 0.3) is 11.3 Å². The van der Waals surface area contributed by atoms with Crippen LogP contribution in [0.2, 0.25) is 0 Å². The number of nitrogens with zero attached hydrogens (tertiary/aromatic N) is 4. The Balaban J connectivity index is 1.56. The van der Waals surface area contributed by atoms with E-state index in [1.807, 2.05) is 12.1 Å². The van der Waals surface area contributed by atoms with Gasteiger partial charge in [0, 0.05) is 24.6 Å². The molecule has 8 nitrogen and oxygen atoms in total. The number of imidazole rings is 1. The predicted molar refractivity (Wildman–Crippen MR) is 98.5 cm³/mol. The van der Waals surface area contributed by atoms with Crippen LogP contribution in [0.1, 0.15) is 18.4 Å². The molecule has 2 N–H and O–H groups in total. The molecule has 0 amide bonds. The minimum absolute atomic E-state index is 0.0842. The molecule has 1 saturated heterocycles. The molecule has 27 heavy (non-hydrogen) atoms. The lowest BCUT2D eigenvalue weighted by atomic mass is 10.1. The molecule has 2 aromatic heterocycles. The number of hydrogen-bond donors (Lipinski definition) is 2. The van der Waals surface area contributed by atoms with Gasteiger partial charge in [-0.2, -0.15) is 5.26 Å². The second-order valence-corrected chi connectivity index (χ2v) is 6.11. The summed E-state index contributed by atoms with van der Waals surface area (Å²) in [4.78, 5) is 15.6. The van der Waals surface area contributed by atoms with Crippen LogP contribution in [-0.2, 0) is 4.74 Å². The van der Waals surface area contributed by atoms with Crippen molar-refractivity contribution in [2.45, 2.75) is 18.9 Å². The average molecular weight is 362 g/mol. The molecule has 3 aromatic rings. The Morgan fingerprint density at radius 1 is 1.26 bits per heavy atom. The average Bonchev–Trinajstić information content (AvgIpc) is 3.22. The van der Waals surface area contributed by atoms with Crippen molar-refractivity contribution in [3.63, 3.8) is 0 Å². The van der Waals surface area contributed by atoms with Gasteiger partial charge < -0.3 is 19.8 Å². The third kappa shape index (κ3) is 4.04. The molecule has 136 valence electrons. The Bertz CT molecular complexity index is 945. The van der Waals surface area contributed by atoms with E-state index in [9.17, 15) is 5.26 Å². The van der Waals surface area contributed by atoms with Crippen molar-refractivity contribution < 1.29 is 9.47 Å². The zero-order chi connectivity index (χ0) is 18.5. The van der Waals surface area contributed by atoms with E-state index < -0.39 is 0 Å². The van der Waals surface area contributed by atoms with Crippen LogP contribution in [0.3, 0.4) is 0 Å². The topological polar surface area (TPSA) is 109 Å². The molecule has 8 heteroatoms. The van der Waals surface area contributed by atoms with E-state index in [0.717, 1.165) is 18.4 Å². The van der Waals surface area contributed by atoms with Gasteiger partial charge in [0.2, 0.25) is 5.95 Å². The Morgan fingerprint density at radius 2 is 2.15 bits per heavy atom. The van der Waals surface area contributed by atoms with E-state index in [-0.39, 0.29) is 6.10 Å².